The Labute approximate surface area is 112 Å². The Morgan fingerprint density at radius 1 is 1.26 bits per heavy atom. The van der Waals surface area contributed by atoms with Crippen LogP contribution in [-0.2, 0) is 0 Å². The largest absolute Gasteiger partial charge is 0.379 e. The molecule has 0 amide bonds. The maximum Gasteiger partial charge on any atom is 0.292 e. The molecule has 19 heavy (non-hydrogen) atoms. The number of rotatable bonds is 4. The molecule has 4 nitrogen and oxygen atoms in total. The summed E-state index contributed by atoms with van der Waals surface area (Å²) in [4.78, 5) is 10.4. The molecule has 2 rings (SSSR count). The Morgan fingerprint density at radius 2 is 1.95 bits per heavy atom. The van der Waals surface area contributed by atoms with E-state index >= 15 is 0 Å². The van der Waals surface area contributed by atoms with Crippen LogP contribution in [0.1, 0.15) is 38.5 Å². The Balaban J connectivity index is 2.01. The summed E-state index contributed by atoms with van der Waals surface area (Å²) in [7, 11) is 0. The zero-order valence-corrected chi connectivity index (χ0v) is 10.9. The second-order valence-corrected chi connectivity index (χ2v) is 5.16. The summed E-state index contributed by atoms with van der Waals surface area (Å²) in [6, 6.07) is 3.54. The van der Waals surface area contributed by atoms with Gasteiger partial charge in [0.05, 0.1) is 4.92 Å². The lowest BCUT2D eigenvalue weighted by molar-refractivity contribution is -0.384. The van der Waals surface area contributed by atoms with Gasteiger partial charge < -0.3 is 5.32 Å². The van der Waals surface area contributed by atoms with Crippen LogP contribution in [0, 0.1) is 21.8 Å². The summed E-state index contributed by atoms with van der Waals surface area (Å²) in [6.07, 6.45) is 7.29. The summed E-state index contributed by atoms with van der Waals surface area (Å²) in [5.41, 5.74) is 0.226. The Morgan fingerprint density at radius 3 is 2.58 bits per heavy atom. The molecule has 1 N–H and O–H groups in total. The van der Waals surface area contributed by atoms with Crippen molar-refractivity contribution in [1.29, 1.82) is 0 Å². The molecule has 5 heteroatoms. The molecule has 0 saturated heterocycles. The molecule has 0 aromatic heterocycles. The van der Waals surface area contributed by atoms with Crippen LogP contribution < -0.4 is 5.32 Å². The van der Waals surface area contributed by atoms with Gasteiger partial charge in [-0.05, 0) is 24.8 Å². The molecule has 1 aromatic rings. The molecule has 0 aliphatic heterocycles. The van der Waals surface area contributed by atoms with Gasteiger partial charge in [-0.15, -0.1) is 0 Å². The first-order valence-electron chi connectivity index (χ1n) is 6.84. The Bertz CT molecular complexity index is 443. The summed E-state index contributed by atoms with van der Waals surface area (Å²) < 4.78 is 13.2. The molecule has 0 heterocycles. The van der Waals surface area contributed by atoms with Crippen molar-refractivity contribution in [2.45, 2.75) is 38.5 Å². The lowest BCUT2D eigenvalue weighted by atomic mass is 10.0. The maximum atomic E-state index is 13.2. The predicted octanol–water partition coefficient (Wildman–Crippen LogP) is 4.12. The SMILES string of the molecule is O=[N+]([O-])c1ccc(F)cc1NCC1CCCCCC1. The first-order valence-corrected chi connectivity index (χ1v) is 6.84. The van der Waals surface area contributed by atoms with Crippen molar-refractivity contribution in [2.75, 3.05) is 11.9 Å². The Hall–Kier alpha value is -1.65. The highest BCUT2D eigenvalue weighted by Gasteiger charge is 2.17. The molecule has 1 fully saturated rings. The zero-order chi connectivity index (χ0) is 13.7. The number of anilines is 1. The van der Waals surface area contributed by atoms with E-state index in [1.54, 1.807) is 0 Å². The van der Waals surface area contributed by atoms with E-state index in [1.807, 2.05) is 0 Å². The van der Waals surface area contributed by atoms with Crippen LogP contribution in [-0.4, -0.2) is 11.5 Å². The Kier molecular flexibility index (Phi) is 4.71. The molecular formula is C14H19FN2O2. The number of halogens is 1. The average Bonchev–Trinajstić information content (AvgIpc) is 2.64. The summed E-state index contributed by atoms with van der Waals surface area (Å²) in [5.74, 6) is 0.0827. The van der Waals surface area contributed by atoms with Crippen LogP contribution in [0.5, 0.6) is 0 Å². The van der Waals surface area contributed by atoms with Crippen LogP contribution in [0.25, 0.3) is 0 Å². The summed E-state index contributed by atoms with van der Waals surface area (Å²) >= 11 is 0. The monoisotopic (exact) mass is 266 g/mol. The van der Waals surface area contributed by atoms with Gasteiger partial charge in [0.15, 0.2) is 0 Å². The molecule has 1 saturated carbocycles. The lowest BCUT2D eigenvalue weighted by Gasteiger charge is -2.15. The number of benzene rings is 1. The third-order valence-electron chi connectivity index (χ3n) is 3.71. The van der Waals surface area contributed by atoms with Gasteiger partial charge in [-0.1, -0.05) is 25.7 Å². The second kappa shape index (κ2) is 6.50. The van der Waals surface area contributed by atoms with E-state index in [4.69, 9.17) is 0 Å². The maximum absolute atomic E-state index is 13.2. The lowest BCUT2D eigenvalue weighted by Crippen LogP contribution is -2.14. The van der Waals surface area contributed by atoms with E-state index in [0.717, 1.165) is 18.9 Å². The summed E-state index contributed by atoms with van der Waals surface area (Å²) in [6.45, 7) is 0.685. The molecule has 0 spiro atoms. The van der Waals surface area contributed by atoms with Crippen molar-refractivity contribution in [3.63, 3.8) is 0 Å². The molecular weight excluding hydrogens is 247 g/mol. The molecule has 1 aliphatic rings. The number of nitro benzene ring substituents is 1. The van der Waals surface area contributed by atoms with Crippen LogP contribution >= 0.6 is 0 Å². The van der Waals surface area contributed by atoms with Gasteiger partial charge in [0.25, 0.3) is 5.69 Å². The first-order chi connectivity index (χ1) is 9.16. The van der Waals surface area contributed by atoms with Gasteiger partial charge in [0.1, 0.15) is 11.5 Å². The molecule has 0 radical (unpaired) electrons. The van der Waals surface area contributed by atoms with E-state index in [1.165, 1.54) is 37.8 Å². The van der Waals surface area contributed by atoms with Crippen LogP contribution in [0.15, 0.2) is 18.2 Å². The number of nitrogens with zero attached hydrogens (tertiary/aromatic N) is 1. The second-order valence-electron chi connectivity index (χ2n) is 5.16. The highest BCUT2D eigenvalue weighted by Crippen LogP contribution is 2.27. The average molecular weight is 266 g/mol. The fourth-order valence-corrected chi connectivity index (χ4v) is 2.63. The quantitative estimate of drug-likeness (QED) is 0.506. The molecule has 0 unspecified atom stereocenters. The highest BCUT2D eigenvalue weighted by atomic mass is 19.1. The first kappa shape index (κ1) is 13.8. The third-order valence-corrected chi connectivity index (χ3v) is 3.71. The third kappa shape index (κ3) is 3.91. The highest BCUT2D eigenvalue weighted by molar-refractivity contribution is 5.61. The van der Waals surface area contributed by atoms with E-state index < -0.39 is 10.7 Å². The molecule has 0 atom stereocenters. The van der Waals surface area contributed by atoms with Gasteiger partial charge >= 0.3 is 0 Å². The van der Waals surface area contributed by atoms with Crippen LogP contribution in [0.2, 0.25) is 0 Å². The number of hydrogen-bond acceptors (Lipinski definition) is 3. The van der Waals surface area contributed by atoms with Crippen LogP contribution in [0.3, 0.4) is 0 Å². The fourth-order valence-electron chi connectivity index (χ4n) is 2.63. The van der Waals surface area contributed by atoms with Crippen molar-refractivity contribution in [2.24, 2.45) is 5.92 Å². The van der Waals surface area contributed by atoms with Crippen molar-refractivity contribution < 1.29 is 9.31 Å². The molecule has 1 aliphatic carbocycles. The van der Waals surface area contributed by atoms with E-state index in [-0.39, 0.29) is 11.4 Å². The van der Waals surface area contributed by atoms with E-state index in [9.17, 15) is 14.5 Å². The summed E-state index contributed by atoms with van der Waals surface area (Å²) in [5, 5.41) is 13.9. The number of nitrogens with one attached hydrogen (secondary N) is 1. The minimum Gasteiger partial charge on any atom is -0.379 e. The topological polar surface area (TPSA) is 55.2 Å². The van der Waals surface area contributed by atoms with Crippen molar-refractivity contribution in [3.05, 3.63) is 34.1 Å². The van der Waals surface area contributed by atoms with Gasteiger partial charge in [0.2, 0.25) is 0 Å². The standard InChI is InChI=1S/C14H19FN2O2/c15-12-7-8-14(17(18)19)13(9-12)16-10-11-5-3-1-2-4-6-11/h7-9,11,16H,1-6,10H2. The number of nitro groups is 1. The zero-order valence-electron chi connectivity index (χ0n) is 10.9. The van der Waals surface area contributed by atoms with Crippen LogP contribution in [0.4, 0.5) is 15.8 Å². The smallest absolute Gasteiger partial charge is 0.292 e. The molecule has 104 valence electrons. The molecule has 0 bridgehead atoms. The fraction of sp³-hybridized carbons (Fsp3) is 0.571. The minimum atomic E-state index is -0.477. The normalized spacial score (nSPS) is 16.9. The molecule has 1 aromatic carbocycles. The van der Waals surface area contributed by atoms with Crippen molar-refractivity contribution in [1.82, 2.24) is 0 Å². The van der Waals surface area contributed by atoms with Gasteiger partial charge in [-0.2, -0.15) is 0 Å². The van der Waals surface area contributed by atoms with Gasteiger partial charge in [0, 0.05) is 18.7 Å². The van der Waals surface area contributed by atoms with Gasteiger partial charge in [-0.3, -0.25) is 10.1 Å². The van der Waals surface area contributed by atoms with E-state index in [2.05, 4.69) is 5.32 Å². The van der Waals surface area contributed by atoms with E-state index in [0.29, 0.717) is 12.5 Å². The number of hydrogen-bond donors (Lipinski definition) is 1. The van der Waals surface area contributed by atoms with Crippen molar-refractivity contribution >= 4 is 11.4 Å². The van der Waals surface area contributed by atoms with Gasteiger partial charge in [-0.25, -0.2) is 4.39 Å². The predicted molar refractivity (Wildman–Crippen MR) is 72.7 cm³/mol. The van der Waals surface area contributed by atoms with Crippen molar-refractivity contribution in [3.8, 4) is 0 Å². The minimum absolute atomic E-state index is 0.0602.